The van der Waals surface area contributed by atoms with Gasteiger partial charge in [0.1, 0.15) is 17.2 Å². The third-order valence-electron chi connectivity index (χ3n) is 6.08. The van der Waals surface area contributed by atoms with E-state index in [2.05, 4.69) is 20.8 Å². The van der Waals surface area contributed by atoms with Crippen molar-refractivity contribution in [2.24, 2.45) is 15.3 Å². The molecule has 3 N–H and O–H groups in total. The summed E-state index contributed by atoms with van der Waals surface area (Å²) >= 11 is 0. The largest absolute Gasteiger partial charge is 0.497 e. The standard InChI is InChI=1S/C26H26N4O7S/c1-36-19-11-7-17(8-12-19)15-27-29-23-21-5-3-4-6-22(21)26(38(33,34)35,25(32)24(23)31)30-28-16-18-9-13-20(37-2)14-10-18/h3-14,25,27,32H,15-16H2,1-2H3,(H,33,34,35). The topological polar surface area (TPSA) is 159 Å². The van der Waals surface area contributed by atoms with Gasteiger partial charge in [0.2, 0.25) is 5.78 Å². The van der Waals surface area contributed by atoms with Crippen molar-refractivity contribution in [1.29, 1.82) is 0 Å². The van der Waals surface area contributed by atoms with E-state index in [4.69, 9.17) is 9.47 Å². The number of benzene rings is 3. The number of ketones is 1. The van der Waals surface area contributed by atoms with Crippen LogP contribution in [0.25, 0.3) is 0 Å². The summed E-state index contributed by atoms with van der Waals surface area (Å²) < 4.78 is 45.9. The summed E-state index contributed by atoms with van der Waals surface area (Å²) in [6, 6.07) is 19.8. The van der Waals surface area contributed by atoms with E-state index >= 15 is 0 Å². The molecule has 2 atom stereocenters. The first-order valence-corrected chi connectivity index (χ1v) is 12.9. The first kappa shape index (κ1) is 26.9. The van der Waals surface area contributed by atoms with Crippen molar-refractivity contribution < 1.29 is 32.3 Å². The maximum absolute atomic E-state index is 13.3. The number of hydrazone groups is 1. The molecule has 38 heavy (non-hydrogen) atoms. The molecule has 1 aliphatic rings. The number of ether oxygens (including phenoxy) is 2. The molecule has 0 heterocycles. The van der Waals surface area contributed by atoms with Crippen LogP contribution in [0.2, 0.25) is 0 Å². The number of Topliss-reactive ketones (excluding diaryl/α,β-unsaturated/α-hetero) is 1. The van der Waals surface area contributed by atoms with E-state index in [1.54, 1.807) is 49.6 Å². The summed E-state index contributed by atoms with van der Waals surface area (Å²) in [5.41, 5.74) is 4.04. The minimum absolute atomic E-state index is 0.0747. The van der Waals surface area contributed by atoms with E-state index in [1.165, 1.54) is 25.3 Å². The smallest absolute Gasteiger partial charge is 0.300 e. The van der Waals surface area contributed by atoms with Gasteiger partial charge in [-0.05, 0) is 35.4 Å². The Morgan fingerprint density at radius 3 is 2.08 bits per heavy atom. The Morgan fingerprint density at radius 2 is 1.50 bits per heavy atom. The Bertz CT molecular complexity index is 1470. The second kappa shape index (κ2) is 11.1. The highest BCUT2D eigenvalue weighted by molar-refractivity contribution is 7.86. The van der Waals surface area contributed by atoms with Crippen molar-refractivity contribution in [2.75, 3.05) is 14.2 Å². The van der Waals surface area contributed by atoms with Crippen LogP contribution in [0.15, 0.2) is 88.1 Å². The summed E-state index contributed by atoms with van der Waals surface area (Å²) in [6.45, 7) is 0.165. The molecule has 12 heteroatoms. The molecule has 4 rings (SSSR count). The summed E-state index contributed by atoms with van der Waals surface area (Å²) in [5, 5.41) is 23.0. The minimum Gasteiger partial charge on any atom is -0.497 e. The van der Waals surface area contributed by atoms with Crippen LogP contribution in [0, 0.1) is 0 Å². The lowest BCUT2D eigenvalue weighted by Gasteiger charge is -2.35. The van der Waals surface area contributed by atoms with Gasteiger partial charge in [-0.1, -0.05) is 48.5 Å². The van der Waals surface area contributed by atoms with Crippen molar-refractivity contribution in [3.05, 3.63) is 95.1 Å². The Morgan fingerprint density at radius 1 is 0.921 bits per heavy atom. The molecule has 11 nitrogen and oxygen atoms in total. The van der Waals surface area contributed by atoms with Crippen LogP contribution < -0.4 is 14.9 Å². The summed E-state index contributed by atoms with van der Waals surface area (Å²) in [6.07, 6.45) is -2.30. The number of nitrogens with zero attached hydrogens (tertiary/aromatic N) is 3. The fourth-order valence-corrected chi connectivity index (χ4v) is 5.06. The lowest BCUT2D eigenvalue weighted by atomic mass is 9.83. The van der Waals surface area contributed by atoms with Gasteiger partial charge in [0, 0.05) is 11.1 Å². The zero-order valence-corrected chi connectivity index (χ0v) is 21.4. The average molecular weight is 539 g/mol. The highest BCUT2D eigenvalue weighted by atomic mass is 32.2. The molecule has 0 aromatic heterocycles. The normalized spacial score (nSPS) is 20.4. The fourth-order valence-electron chi connectivity index (χ4n) is 4.05. The summed E-state index contributed by atoms with van der Waals surface area (Å²) in [4.78, 5) is 10.5. The zero-order chi connectivity index (χ0) is 27.3. The number of carbonyl (C=O) groups is 1. The molecular weight excluding hydrogens is 512 g/mol. The zero-order valence-electron chi connectivity index (χ0n) is 20.6. The number of aliphatic hydroxyl groups excluding tert-OH is 1. The van der Waals surface area contributed by atoms with Gasteiger partial charge in [0.15, 0.2) is 6.10 Å². The first-order valence-electron chi connectivity index (χ1n) is 11.5. The Labute approximate surface area is 219 Å². The van der Waals surface area contributed by atoms with Crippen LogP contribution in [0.4, 0.5) is 0 Å². The number of aliphatic hydroxyl groups is 1. The summed E-state index contributed by atoms with van der Waals surface area (Å²) in [7, 11) is -2.10. The van der Waals surface area contributed by atoms with Crippen LogP contribution in [-0.4, -0.2) is 49.9 Å². The van der Waals surface area contributed by atoms with E-state index in [-0.39, 0.29) is 29.9 Å². The number of fused-ring (bicyclic) bond motifs is 1. The molecule has 0 aliphatic heterocycles. The Balaban J connectivity index is 1.69. The molecule has 0 spiro atoms. The van der Waals surface area contributed by atoms with Gasteiger partial charge < -0.3 is 20.0 Å². The molecule has 198 valence electrons. The molecule has 0 saturated carbocycles. The number of carbonyl (C=O) groups excluding carboxylic acids is 1. The van der Waals surface area contributed by atoms with E-state index < -0.39 is 26.9 Å². The highest BCUT2D eigenvalue weighted by Crippen LogP contribution is 2.42. The van der Waals surface area contributed by atoms with E-state index in [1.807, 2.05) is 12.1 Å². The number of methoxy groups -OCH3 is 2. The molecule has 0 saturated heterocycles. The van der Waals surface area contributed by atoms with Gasteiger partial charge in [-0.3, -0.25) is 9.35 Å². The SMILES string of the molecule is COc1ccc(CN=NC2(S(=O)(=O)O)c3ccccc3C(=NNCc3ccc(OC)cc3)C(=O)C2O)cc1. The molecule has 3 aromatic rings. The average Bonchev–Trinajstić information content (AvgIpc) is 2.92. The molecular formula is C26H26N4O7S. The van der Waals surface area contributed by atoms with Gasteiger partial charge in [0.25, 0.3) is 4.87 Å². The molecule has 1 aliphatic carbocycles. The number of hydrogen-bond acceptors (Lipinski definition) is 10. The second-order valence-corrected chi connectivity index (χ2v) is 9.95. The quantitative estimate of drug-likeness (QED) is 0.213. The van der Waals surface area contributed by atoms with Crippen molar-refractivity contribution in [3.63, 3.8) is 0 Å². The van der Waals surface area contributed by atoms with Gasteiger partial charge in [-0.2, -0.15) is 23.7 Å². The number of azo groups is 1. The van der Waals surface area contributed by atoms with Crippen LogP contribution in [0.1, 0.15) is 22.3 Å². The first-order chi connectivity index (χ1) is 18.2. The lowest BCUT2D eigenvalue weighted by Crippen LogP contribution is -2.55. The molecule has 0 amide bonds. The predicted octanol–water partition coefficient (Wildman–Crippen LogP) is 2.83. The molecule has 0 bridgehead atoms. The van der Waals surface area contributed by atoms with E-state index in [9.17, 15) is 22.9 Å². The minimum atomic E-state index is -5.18. The Hall–Kier alpha value is -4.13. The maximum atomic E-state index is 13.3. The van der Waals surface area contributed by atoms with Crippen molar-refractivity contribution in [3.8, 4) is 11.5 Å². The number of hydrogen-bond donors (Lipinski definition) is 3. The van der Waals surface area contributed by atoms with Crippen molar-refractivity contribution in [2.45, 2.75) is 24.1 Å². The monoisotopic (exact) mass is 538 g/mol. The van der Waals surface area contributed by atoms with Crippen molar-refractivity contribution >= 4 is 21.6 Å². The second-order valence-electron chi connectivity index (χ2n) is 8.37. The van der Waals surface area contributed by atoms with Gasteiger partial charge in [0.05, 0.1) is 27.3 Å². The van der Waals surface area contributed by atoms with Crippen LogP contribution in [0.5, 0.6) is 11.5 Å². The van der Waals surface area contributed by atoms with E-state index in [0.29, 0.717) is 17.1 Å². The fraction of sp³-hybridized carbons (Fsp3) is 0.231. The highest BCUT2D eigenvalue weighted by Gasteiger charge is 2.60. The third-order valence-corrected chi connectivity index (χ3v) is 7.39. The molecule has 0 radical (unpaired) electrons. The molecule has 0 fully saturated rings. The summed E-state index contributed by atoms with van der Waals surface area (Å²) in [5.74, 6) is 0.268. The van der Waals surface area contributed by atoms with E-state index in [0.717, 1.165) is 5.56 Å². The lowest BCUT2D eigenvalue weighted by molar-refractivity contribution is -0.122. The number of rotatable bonds is 9. The van der Waals surface area contributed by atoms with Gasteiger partial charge in [-0.15, -0.1) is 0 Å². The number of nitrogens with one attached hydrogen (secondary N) is 1. The Kier molecular flexibility index (Phi) is 7.86. The van der Waals surface area contributed by atoms with Crippen LogP contribution in [0.3, 0.4) is 0 Å². The maximum Gasteiger partial charge on any atom is 0.300 e. The van der Waals surface area contributed by atoms with Gasteiger partial charge in [-0.25, -0.2) is 0 Å². The van der Waals surface area contributed by atoms with Crippen LogP contribution >= 0.6 is 0 Å². The third kappa shape index (κ3) is 5.14. The van der Waals surface area contributed by atoms with Gasteiger partial charge >= 0.3 is 10.1 Å². The van der Waals surface area contributed by atoms with Crippen LogP contribution in [-0.2, 0) is 32.9 Å². The molecule has 2 unspecified atom stereocenters. The van der Waals surface area contributed by atoms with Crippen molar-refractivity contribution in [1.82, 2.24) is 5.43 Å². The molecule has 3 aromatic carbocycles. The predicted molar refractivity (Wildman–Crippen MR) is 139 cm³/mol.